The Morgan fingerprint density at radius 3 is 2.26 bits per heavy atom. The van der Waals surface area contributed by atoms with E-state index in [9.17, 15) is 13.2 Å². The average Bonchev–Trinajstić information content (AvgIpc) is 2.24. The van der Waals surface area contributed by atoms with Crippen molar-refractivity contribution in [2.45, 2.75) is 52.1 Å². The molecule has 0 aliphatic carbocycles. The highest BCUT2D eigenvalue weighted by molar-refractivity contribution is 7.88. The maximum absolute atomic E-state index is 12.1. The Morgan fingerprint density at radius 2 is 1.89 bits per heavy atom. The van der Waals surface area contributed by atoms with Crippen molar-refractivity contribution in [1.29, 1.82) is 0 Å². The quantitative estimate of drug-likeness (QED) is 0.567. The van der Waals surface area contributed by atoms with Crippen LogP contribution in [0.15, 0.2) is 0 Å². The minimum Gasteiger partial charge on any atom is -0.396 e. The first-order chi connectivity index (χ1) is 8.69. The van der Waals surface area contributed by atoms with E-state index in [2.05, 4.69) is 10.0 Å². The van der Waals surface area contributed by atoms with Gasteiger partial charge in [0, 0.05) is 12.6 Å². The van der Waals surface area contributed by atoms with Crippen LogP contribution in [-0.2, 0) is 14.8 Å². The fourth-order valence-electron chi connectivity index (χ4n) is 1.77. The highest BCUT2D eigenvalue weighted by Crippen LogP contribution is 2.07. The van der Waals surface area contributed by atoms with Gasteiger partial charge in [-0.25, -0.2) is 13.1 Å². The van der Waals surface area contributed by atoms with E-state index in [-0.39, 0.29) is 24.5 Å². The molecule has 19 heavy (non-hydrogen) atoms. The molecule has 0 heterocycles. The SMILES string of the molecule is CCC(CCO)NC(=O)C(CC(C)C)NS(C)(=O)=O. The van der Waals surface area contributed by atoms with Gasteiger partial charge in [-0.1, -0.05) is 20.8 Å². The van der Waals surface area contributed by atoms with Crippen molar-refractivity contribution < 1.29 is 18.3 Å². The molecule has 0 fully saturated rings. The summed E-state index contributed by atoms with van der Waals surface area (Å²) >= 11 is 0. The average molecular weight is 294 g/mol. The third-order valence-corrected chi connectivity index (χ3v) is 3.41. The molecule has 6 nitrogen and oxygen atoms in total. The first-order valence-electron chi connectivity index (χ1n) is 6.58. The Hall–Kier alpha value is -0.660. The highest BCUT2D eigenvalue weighted by Gasteiger charge is 2.24. The number of sulfonamides is 1. The first kappa shape index (κ1) is 18.3. The molecule has 0 aromatic rings. The van der Waals surface area contributed by atoms with Gasteiger partial charge in [-0.15, -0.1) is 0 Å². The van der Waals surface area contributed by atoms with E-state index in [1.807, 2.05) is 20.8 Å². The van der Waals surface area contributed by atoms with Crippen LogP contribution in [0.4, 0.5) is 0 Å². The number of hydrogen-bond donors (Lipinski definition) is 3. The van der Waals surface area contributed by atoms with E-state index in [1.165, 1.54) is 0 Å². The molecule has 0 aliphatic heterocycles. The zero-order valence-corrected chi connectivity index (χ0v) is 13.0. The standard InChI is InChI=1S/C12H26N2O4S/c1-5-10(6-7-15)13-12(16)11(8-9(2)3)14-19(4,17)18/h9-11,14-15H,5-8H2,1-4H3,(H,13,16). The van der Waals surface area contributed by atoms with Crippen molar-refractivity contribution in [3.05, 3.63) is 0 Å². The Labute approximate surface area is 116 Å². The predicted molar refractivity (Wildman–Crippen MR) is 75.1 cm³/mol. The number of nitrogens with one attached hydrogen (secondary N) is 2. The van der Waals surface area contributed by atoms with Gasteiger partial charge in [0.1, 0.15) is 6.04 Å². The van der Waals surface area contributed by atoms with Crippen LogP contribution in [0.25, 0.3) is 0 Å². The van der Waals surface area contributed by atoms with Crippen molar-refractivity contribution in [3.8, 4) is 0 Å². The van der Waals surface area contributed by atoms with E-state index < -0.39 is 16.1 Å². The summed E-state index contributed by atoms with van der Waals surface area (Å²) in [5.41, 5.74) is 0. The molecule has 0 rings (SSSR count). The van der Waals surface area contributed by atoms with Gasteiger partial charge in [0.05, 0.1) is 6.26 Å². The van der Waals surface area contributed by atoms with E-state index in [1.54, 1.807) is 0 Å². The van der Waals surface area contributed by atoms with Crippen LogP contribution in [-0.4, -0.2) is 44.4 Å². The summed E-state index contributed by atoms with van der Waals surface area (Å²) in [5, 5.41) is 11.7. The van der Waals surface area contributed by atoms with Gasteiger partial charge < -0.3 is 10.4 Å². The molecule has 114 valence electrons. The molecule has 0 aromatic carbocycles. The summed E-state index contributed by atoms with van der Waals surface area (Å²) in [7, 11) is -3.43. The molecule has 0 radical (unpaired) electrons. The number of amides is 1. The minimum atomic E-state index is -3.43. The molecule has 0 aromatic heterocycles. The second kappa shape index (κ2) is 8.50. The lowest BCUT2D eigenvalue weighted by Gasteiger charge is -2.22. The summed E-state index contributed by atoms with van der Waals surface area (Å²) in [5.74, 6) is -0.137. The molecule has 0 aliphatic rings. The summed E-state index contributed by atoms with van der Waals surface area (Å²) in [6.45, 7) is 5.75. The highest BCUT2D eigenvalue weighted by atomic mass is 32.2. The maximum Gasteiger partial charge on any atom is 0.238 e. The smallest absolute Gasteiger partial charge is 0.238 e. The second-order valence-corrected chi connectivity index (χ2v) is 6.98. The van der Waals surface area contributed by atoms with Crippen LogP contribution in [0, 0.1) is 5.92 Å². The minimum absolute atomic E-state index is 0.00681. The molecule has 7 heteroatoms. The van der Waals surface area contributed by atoms with Crippen molar-refractivity contribution in [2.24, 2.45) is 5.92 Å². The van der Waals surface area contributed by atoms with Gasteiger partial charge in [0.25, 0.3) is 0 Å². The maximum atomic E-state index is 12.1. The lowest BCUT2D eigenvalue weighted by molar-refractivity contribution is -0.123. The van der Waals surface area contributed by atoms with Crippen molar-refractivity contribution in [3.63, 3.8) is 0 Å². The monoisotopic (exact) mass is 294 g/mol. The van der Waals surface area contributed by atoms with Crippen LogP contribution >= 0.6 is 0 Å². The number of rotatable bonds is 9. The Bertz CT molecular complexity index is 368. The number of aliphatic hydroxyl groups excluding tert-OH is 1. The van der Waals surface area contributed by atoms with Crippen LogP contribution in [0.2, 0.25) is 0 Å². The molecule has 0 bridgehead atoms. The van der Waals surface area contributed by atoms with E-state index >= 15 is 0 Å². The molecule has 0 saturated carbocycles. The van der Waals surface area contributed by atoms with E-state index in [0.29, 0.717) is 19.3 Å². The number of hydrogen-bond acceptors (Lipinski definition) is 4. The van der Waals surface area contributed by atoms with Gasteiger partial charge in [-0.05, 0) is 25.2 Å². The van der Waals surface area contributed by atoms with Crippen LogP contribution < -0.4 is 10.0 Å². The molecule has 0 saturated heterocycles. The van der Waals surface area contributed by atoms with Gasteiger partial charge in [0.2, 0.25) is 15.9 Å². The van der Waals surface area contributed by atoms with Crippen LogP contribution in [0.5, 0.6) is 0 Å². The molecule has 1 amide bonds. The summed E-state index contributed by atoms with van der Waals surface area (Å²) in [6.07, 6.45) is 2.64. The van der Waals surface area contributed by atoms with Gasteiger partial charge in [-0.3, -0.25) is 4.79 Å². The summed E-state index contributed by atoms with van der Waals surface area (Å²) in [4.78, 5) is 12.1. The predicted octanol–water partition coefficient (Wildman–Crippen LogP) is 0.228. The number of carbonyl (C=O) groups is 1. The lowest BCUT2D eigenvalue weighted by atomic mass is 10.0. The third-order valence-electron chi connectivity index (χ3n) is 2.70. The third kappa shape index (κ3) is 8.96. The van der Waals surface area contributed by atoms with Gasteiger partial charge in [-0.2, -0.15) is 0 Å². The van der Waals surface area contributed by atoms with E-state index in [4.69, 9.17) is 5.11 Å². The summed E-state index contributed by atoms with van der Waals surface area (Å²) < 4.78 is 24.9. The number of carbonyl (C=O) groups excluding carboxylic acids is 1. The Morgan fingerprint density at radius 1 is 1.32 bits per heavy atom. The molecular formula is C12H26N2O4S. The lowest BCUT2D eigenvalue weighted by Crippen LogP contribution is -2.49. The topological polar surface area (TPSA) is 95.5 Å². The van der Waals surface area contributed by atoms with Gasteiger partial charge in [0.15, 0.2) is 0 Å². The second-order valence-electron chi connectivity index (χ2n) is 5.20. The van der Waals surface area contributed by atoms with Crippen molar-refractivity contribution in [1.82, 2.24) is 10.0 Å². The first-order valence-corrected chi connectivity index (χ1v) is 8.47. The molecule has 0 spiro atoms. The fourth-order valence-corrected chi connectivity index (χ4v) is 2.49. The van der Waals surface area contributed by atoms with Crippen molar-refractivity contribution >= 4 is 15.9 Å². The molecule has 2 unspecified atom stereocenters. The van der Waals surface area contributed by atoms with E-state index in [0.717, 1.165) is 6.26 Å². The van der Waals surface area contributed by atoms with Crippen LogP contribution in [0.1, 0.15) is 40.0 Å². The Kier molecular flexibility index (Phi) is 8.20. The number of aliphatic hydroxyl groups is 1. The molecule has 3 N–H and O–H groups in total. The summed E-state index contributed by atoms with van der Waals surface area (Å²) in [6, 6.07) is -0.892. The zero-order chi connectivity index (χ0) is 15.1. The van der Waals surface area contributed by atoms with Gasteiger partial charge >= 0.3 is 0 Å². The van der Waals surface area contributed by atoms with Crippen LogP contribution in [0.3, 0.4) is 0 Å². The largest absolute Gasteiger partial charge is 0.396 e. The molecular weight excluding hydrogens is 268 g/mol. The molecule has 2 atom stereocenters. The van der Waals surface area contributed by atoms with Crippen molar-refractivity contribution in [2.75, 3.05) is 12.9 Å². The normalized spacial score (nSPS) is 15.3. The zero-order valence-electron chi connectivity index (χ0n) is 12.1. The fraction of sp³-hybridized carbons (Fsp3) is 0.917. The Balaban J connectivity index is 4.70.